The maximum absolute atomic E-state index is 5.54. The van der Waals surface area contributed by atoms with Crippen molar-refractivity contribution in [3.63, 3.8) is 0 Å². The lowest BCUT2D eigenvalue weighted by molar-refractivity contribution is 0.187. The predicted octanol–water partition coefficient (Wildman–Crippen LogP) is 0.951. The fourth-order valence-corrected chi connectivity index (χ4v) is 2.19. The van der Waals surface area contributed by atoms with Crippen molar-refractivity contribution < 1.29 is 4.74 Å². The Morgan fingerprint density at radius 1 is 1.56 bits per heavy atom. The van der Waals surface area contributed by atoms with Gasteiger partial charge in [-0.25, -0.2) is 0 Å². The second-order valence-electron chi connectivity index (χ2n) is 4.50. The van der Waals surface area contributed by atoms with Crippen LogP contribution < -0.4 is 5.32 Å². The topological polar surface area (TPSA) is 52.0 Å². The van der Waals surface area contributed by atoms with E-state index in [1.54, 1.807) is 6.33 Å². The van der Waals surface area contributed by atoms with Crippen LogP contribution in [0.4, 0.5) is 0 Å². The van der Waals surface area contributed by atoms with E-state index in [1.807, 2.05) is 0 Å². The van der Waals surface area contributed by atoms with E-state index >= 15 is 0 Å². The van der Waals surface area contributed by atoms with E-state index < -0.39 is 0 Å². The molecular weight excluding hydrogens is 204 g/mol. The van der Waals surface area contributed by atoms with Gasteiger partial charge in [-0.1, -0.05) is 6.92 Å². The highest BCUT2D eigenvalue weighted by atomic mass is 16.5. The third-order valence-corrected chi connectivity index (χ3v) is 3.04. The Balaban J connectivity index is 2.19. The van der Waals surface area contributed by atoms with Crippen LogP contribution in [-0.4, -0.2) is 40.6 Å². The quantitative estimate of drug-likeness (QED) is 0.827. The molecule has 0 radical (unpaired) electrons. The van der Waals surface area contributed by atoms with Crippen LogP contribution in [0.5, 0.6) is 0 Å². The van der Waals surface area contributed by atoms with Gasteiger partial charge in [0.2, 0.25) is 0 Å². The number of ether oxygens (including phenoxy) is 1. The molecule has 2 heterocycles. The molecule has 2 atom stereocenters. The Labute approximate surface area is 96.2 Å². The minimum absolute atomic E-state index is 0.324. The fraction of sp³-hybridized carbons (Fsp3) is 0.818. The largest absolute Gasteiger partial charge is 0.379 e. The first-order valence-electron chi connectivity index (χ1n) is 5.94. The lowest BCUT2D eigenvalue weighted by atomic mass is 10.0. The van der Waals surface area contributed by atoms with Gasteiger partial charge in [-0.05, 0) is 20.4 Å². The minimum Gasteiger partial charge on any atom is -0.379 e. The van der Waals surface area contributed by atoms with Gasteiger partial charge < -0.3 is 14.6 Å². The average Bonchev–Trinajstić information content (AvgIpc) is 2.83. The molecule has 5 heteroatoms. The van der Waals surface area contributed by atoms with Gasteiger partial charge >= 0.3 is 0 Å². The number of aromatic nitrogens is 3. The molecule has 2 rings (SSSR count). The van der Waals surface area contributed by atoms with Crippen LogP contribution in [-0.2, 0) is 4.74 Å². The van der Waals surface area contributed by atoms with Gasteiger partial charge in [-0.3, -0.25) is 0 Å². The Bertz CT molecular complexity index is 336. The van der Waals surface area contributed by atoms with E-state index in [2.05, 4.69) is 40.9 Å². The molecule has 1 aliphatic heterocycles. The summed E-state index contributed by atoms with van der Waals surface area (Å²) in [5.41, 5.74) is 0. The summed E-state index contributed by atoms with van der Waals surface area (Å²) in [5.74, 6) is 1.36. The van der Waals surface area contributed by atoms with E-state index in [1.165, 1.54) is 0 Å². The van der Waals surface area contributed by atoms with Gasteiger partial charge in [0, 0.05) is 12.1 Å². The molecule has 90 valence electrons. The van der Waals surface area contributed by atoms with Crippen LogP contribution in [0.15, 0.2) is 6.33 Å². The fourth-order valence-electron chi connectivity index (χ4n) is 2.19. The van der Waals surface area contributed by atoms with Gasteiger partial charge in [0.05, 0.1) is 19.1 Å². The second-order valence-corrected chi connectivity index (χ2v) is 4.50. The molecule has 0 aliphatic carbocycles. The summed E-state index contributed by atoms with van der Waals surface area (Å²) in [6.45, 7) is 8.87. The van der Waals surface area contributed by atoms with Crippen molar-refractivity contribution in [2.45, 2.75) is 38.8 Å². The molecule has 0 bridgehead atoms. The molecule has 1 fully saturated rings. The molecule has 0 spiro atoms. The minimum atomic E-state index is 0.324. The van der Waals surface area contributed by atoms with Crippen LogP contribution in [0.1, 0.15) is 38.6 Å². The first-order valence-corrected chi connectivity index (χ1v) is 5.94. The zero-order valence-electron chi connectivity index (χ0n) is 10.2. The molecule has 0 saturated carbocycles. The van der Waals surface area contributed by atoms with Crippen molar-refractivity contribution in [1.82, 2.24) is 20.1 Å². The molecular formula is C11H20N4O. The monoisotopic (exact) mass is 224 g/mol. The van der Waals surface area contributed by atoms with Gasteiger partial charge in [0.1, 0.15) is 12.2 Å². The van der Waals surface area contributed by atoms with Crippen LogP contribution in [0.2, 0.25) is 0 Å². The van der Waals surface area contributed by atoms with Crippen molar-refractivity contribution >= 4 is 0 Å². The molecule has 0 aromatic carbocycles. The average molecular weight is 224 g/mol. The second kappa shape index (κ2) is 4.93. The molecule has 2 unspecified atom stereocenters. The van der Waals surface area contributed by atoms with Crippen molar-refractivity contribution in [3.8, 4) is 0 Å². The maximum atomic E-state index is 5.54. The number of nitrogens with zero attached hydrogens (tertiary/aromatic N) is 3. The molecule has 5 nitrogen and oxygen atoms in total. The highest BCUT2D eigenvalue weighted by Crippen LogP contribution is 2.25. The van der Waals surface area contributed by atoms with Gasteiger partial charge in [-0.15, -0.1) is 10.2 Å². The molecule has 1 aliphatic rings. The predicted molar refractivity (Wildman–Crippen MR) is 61.4 cm³/mol. The molecule has 1 N–H and O–H groups in total. The first-order chi connectivity index (χ1) is 7.74. The smallest absolute Gasteiger partial charge is 0.140 e. The SMILES string of the molecule is CCNC1COCC1c1nncn1C(C)C. The number of rotatable bonds is 4. The summed E-state index contributed by atoms with van der Waals surface area (Å²) >= 11 is 0. The molecule has 1 aromatic heterocycles. The van der Waals surface area contributed by atoms with E-state index in [9.17, 15) is 0 Å². The molecule has 1 aromatic rings. The van der Waals surface area contributed by atoms with Crippen LogP contribution >= 0.6 is 0 Å². The van der Waals surface area contributed by atoms with Crippen LogP contribution in [0.25, 0.3) is 0 Å². The Morgan fingerprint density at radius 3 is 3.06 bits per heavy atom. The lowest BCUT2D eigenvalue weighted by Crippen LogP contribution is -2.35. The number of likely N-dealkylation sites (N-methyl/N-ethyl adjacent to an activating group) is 1. The van der Waals surface area contributed by atoms with Crippen molar-refractivity contribution in [3.05, 3.63) is 12.2 Å². The number of hydrogen-bond donors (Lipinski definition) is 1. The zero-order chi connectivity index (χ0) is 11.5. The third-order valence-electron chi connectivity index (χ3n) is 3.04. The highest BCUT2D eigenvalue weighted by Gasteiger charge is 2.32. The van der Waals surface area contributed by atoms with E-state index in [4.69, 9.17) is 4.74 Å². The van der Waals surface area contributed by atoms with Crippen molar-refractivity contribution in [1.29, 1.82) is 0 Å². The highest BCUT2D eigenvalue weighted by molar-refractivity contribution is 5.05. The normalized spacial score (nSPS) is 25.5. The standard InChI is InChI=1S/C11H20N4O/c1-4-12-10-6-16-5-9(10)11-14-13-7-15(11)8(2)3/h7-10,12H,4-6H2,1-3H3. The Kier molecular flexibility index (Phi) is 3.56. The van der Waals surface area contributed by atoms with Crippen molar-refractivity contribution in [2.75, 3.05) is 19.8 Å². The van der Waals surface area contributed by atoms with Gasteiger partial charge in [-0.2, -0.15) is 0 Å². The summed E-state index contributed by atoms with van der Waals surface area (Å²) in [7, 11) is 0. The molecule has 16 heavy (non-hydrogen) atoms. The van der Waals surface area contributed by atoms with Crippen LogP contribution in [0, 0.1) is 0 Å². The molecule has 1 saturated heterocycles. The summed E-state index contributed by atoms with van der Waals surface area (Å²) in [6.07, 6.45) is 1.81. The Morgan fingerprint density at radius 2 is 2.38 bits per heavy atom. The third kappa shape index (κ3) is 2.10. The van der Waals surface area contributed by atoms with E-state index in [0.29, 0.717) is 18.0 Å². The summed E-state index contributed by atoms with van der Waals surface area (Å²) in [5, 5.41) is 11.7. The Hall–Kier alpha value is -0.940. The maximum Gasteiger partial charge on any atom is 0.140 e. The zero-order valence-corrected chi connectivity index (χ0v) is 10.2. The van der Waals surface area contributed by atoms with Gasteiger partial charge in [0.15, 0.2) is 0 Å². The van der Waals surface area contributed by atoms with E-state index in [0.717, 1.165) is 25.6 Å². The number of hydrogen-bond acceptors (Lipinski definition) is 4. The first kappa shape index (κ1) is 11.5. The number of nitrogens with one attached hydrogen (secondary N) is 1. The van der Waals surface area contributed by atoms with Crippen molar-refractivity contribution in [2.24, 2.45) is 0 Å². The summed E-state index contributed by atoms with van der Waals surface area (Å²) in [4.78, 5) is 0. The van der Waals surface area contributed by atoms with Gasteiger partial charge in [0.25, 0.3) is 0 Å². The van der Waals surface area contributed by atoms with Crippen LogP contribution in [0.3, 0.4) is 0 Å². The summed E-state index contributed by atoms with van der Waals surface area (Å²) < 4.78 is 7.67. The summed E-state index contributed by atoms with van der Waals surface area (Å²) in [6, 6.07) is 0.763. The lowest BCUT2D eigenvalue weighted by Gasteiger charge is -2.19. The van der Waals surface area contributed by atoms with E-state index in [-0.39, 0.29) is 0 Å². The molecule has 0 amide bonds.